The highest BCUT2D eigenvalue weighted by molar-refractivity contribution is 7.91. The van der Waals surface area contributed by atoms with Gasteiger partial charge in [0.25, 0.3) is 11.8 Å². The summed E-state index contributed by atoms with van der Waals surface area (Å²) in [6.07, 6.45) is 2.34. The summed E-state index contributed by atoms with van der Waals surface area (Å²) in [4.78, 5) is 25.5. The van der Waals surface area contributed by atoms with Crippen LogP contribution < -0.4 is 10.6 Å². The molecule has 1 atom stereocenters. The Morgan fingerprint density at radius 3 is 2.43 bits per heavy atom. The van der Waals surface area contributed by atoms with Gasteiger partial charge in [-0.05, 0) is 43.5 Å². The topological polar surface area (TPSA) is 102 Å². The lowest BCUT2D eigenvalue weighted by Gasteiger charge is -2.15. The number of carbonyl (C=O) groups excluding carboxylic acids is 2. The number of nitrogens with one attached hydrogen (secondary N) is 2. The third-order valence-electron chi connectivity index (χ3n) is 4.87. The van der Waals surface area contributed by atoms with Gasteiger partial charge in [0.05, 0.1) is 33.6 Å². The zero-order valence-electron chi connectivity index (χ0n) is 16.9. The highest BCUT2D eigenvalue weighted by atomic mass is 32.2. The second-order valence-corrected chi connectivity index (χ2v) is 9.24. The average Bonchev–Trinajstić information content (AvgIpc) is 3.26. The number of rotatable bonds is 8. The molecule has 160 valence electrons. The van der Waals surface area contributed by atoms with Gasteiger partial charge in [0.2, 0.25) is 0 Å². The molecule has 2 aromatic rings. The largest absolute Gasteiger partial charge is 0.376 e. The lowest BCUT2D eigenvalue weighted by molar-refractivity contribution is 0.0858. The Balaban J connectivity index is 1.79. The van der Waals surface area contributed by atoms with Crippen LogP contribution in [-0.4, -0.2) is 45.2 Å². The molecule has 0 aromatic heterocycles. The minimum atomic E-state index is -3.58. The fourth-order valence-corrected chi connectivity index (χ4v) is 4.93. The molecule has 30 heavy (non-hydrogen) atoms. The number of sulfone groups is 1. The van der Waals surface area contributed by atoms with Crippen LogP contribution in [0.5, 0.6) is 0 Å². The van der Waals surface area contributed by atoms with Gasteiger partial charge in [-0.1, -0.05) is 31.2 Å². The molecule has 2 aromatic carbocycles. The Morgan fingerprint density at radius 2 is 1.73 bits per heavy atom. The van der Waals surface area contributed by atoms with Gasteiger partial charge in [0.15, 0.2) is 9.84 Å². The van der Waals surface area contributed by atoms with E-state index in [1.54, 1.807) is 43.3 Å². The van der Waals surface area contributed by atoms with Crippen molar-refractivity contribution in [2.24, 2.45) is 0 Å². The Kier molecular flexibility index (Phi) is 7.23. The lowest BCUT2D eigenvalue weighted by atomic mass is 10.1. The number of carbonyl (C=O) groups is 2. The summed E-state index contributed by atoms with van der Waals surface area (Å²) >= 11 is 0. The fraction of sp³-hybridized carbons (Fsp3) is 0.364. The van der Waals surface area contributed by atoms with Gasteiger partial charge >= 0.3 is 0 Å². The number of amides is 2. The first kappa shape index (κ1) is 22.0. The molecule has 0 bridgehead atoms. The van der Waals surface area contributed by atoms with E-state index in [9.17, 15) is 18.0 Å². The minimum Gasteiger partial charge on any atom is -0.376 e. The Bertz CT molecular complexity index is 1010. The van der Waals surface area contributed by atoms with Crippen molar-refractivity contribution in [3.8, 4) is 0 Å². The number of benzene rings is 2. The predicted molar refractivity (Wildman–Crippen MR) is 114 cm³/mol. The van der Waals surface area contributed by atoms with Crippen LogP contribution in [0.25, 0.3) is 0 Å². The van der Waals surface area contributed by atoms with Crippen molar-refractivity contribution in [1.29, 1.82) is 0 Å². The molecule has 0 radical (unpaired) electrons. The van der Waals surface area contributed by atoms with E-state index < -0.39 is 15.7 Å². The maximum atomic E-state index is 12.9. The SMILES string of the molecule is CCCS(=O)(=O)c1ccccc1C(=O)Nc1ccccc1C(=O)NCC1CCCO1. The monoisotopic (exact) mass is 430 g/mol. The summed E-state index contributed by atoms with van der Waals surface area (Å²) in [7, 11) is -3.58. The van der Waals surface area contributed by atoms with Crippen molar-refractivity contribution in [2.75, 3.05) is 24.2 Å². The predicted octanol–water partition coefficient (Wildman–Crippen LogP) is 3.03. The van der Waals surface area contributed by atoms with E-state index in [2.05, 4.69) is 10.6 Å². The average molecular weight is 431 g/mol. The van der Waals surface area contributed by atoms with Crippen molar-refractivity contribution in [1.82, 2.24) is 5.32 Å². The number of hydrogen-bond acceptors (Lipinski definition) is 5. The molecule has 3 rings (SSSR count). The van der Waals surface area contributed by atoms with Crippen molar-refractivity contribution in [3.63, 3.8) is 0 Å². The highest BCUT2D eigenvalue weighted by Crippen LogP contribution is 2.21. The summed E-state index contributed by atoms with van der Waals surface area (Å²) in [5.74, 6) is -0.947. The normalized spacial score (nSPS) is 16.2. The Labute approximate surface area is 176 Å². The van der Waals surface area contributed by atoms with Crippen LogP contribution in [0.4, 0.5) is 5.69 Å². The first-order chi connectivity index (χ1) is 14.4. The van der Waals surface area contributed by atoms with Crippen LogP contribution in [0.3, 0.4) is 0 Å². The summed E-state index contributed by atoms with van der Waals surface area (Å²) in [6.45, 7) is 2.87. The van der Waals surface area contributed by atoms with E-state index in [0.717, 1.165) is 12.8 Å². The molecule has 7 nitrogen and oxygen atoms in total. The molecule has 1 aliphatic rings. The summed E-state index contributed by atoms with van der Waals surface area (Å²) in [5.41, 5.74) is 0.674. The third kappa shape index (κ3) is 5.25. The van der Waals surface area contributed by atoms with Gasteiger partial charge in [0, 0.05) is 13.2 Å². The van der Waals surface area contributed by atoms with Crippen molar-refractivity contribution in [3.05, 3.63) is 59.7 Å². The first-order valence-electron chi connectivity index (χ1n) is 10.0. The molecule has 0 spiro atoms. The molecule has 1 unspecified atom stereocenters. The van der Waals surface area contributed by atoms with Gasteiger partial charge in [-0.3, -0.25) is 9.59 Å². The fourth-order valence-electron chi connectivity index (χ4n) is 3.39. The molecule has 0 aliphatic carbocycles. The van der Waals surface area contributed by atoms with E-state index in [0.29, 0.717) is 30.8 Å². The standard InChI is InChI=1S/C22H26N2O5S/c1-2-14-30(27,28)20-12-6-4-10-18(20)22(26)24-19-11-5-3-9-17(19)21(25)23-15-16-8-7-13-29-16/h3-6,9-12,16H,2,7-8,13-15H2,1H3,(H,23,25)(H,24,26). The molecule has 1 aliphatic heterocycles. The second kappa shape index (κ2) is 9.86. The second-order valence-electron chi connectivity index (χ2n) is 7.16. The summed E-state index contributed by atoms with van der Waals surface area (Å²) < 4.78 is 30.6. The summed E-state index contributed by atoms with van der Waals surface area (Å²) in [5, 5.41) is 5.53. The van der Waals surface area contributed by atoms with Crippen LogP contribution in [0.1, 0.15) is 46.9 Å². The summed E-state index contributed by atoms with van der Waals surface area (Å²) in [6, 6.07) is 12.7. The van der Waals surface area contributed by atoms with Gasteiger partial charge in [0.1, 0.15) is 0 Å². The molecule has 1 saturated heterocycles. The Hall–Kier alpha value is -2.71. The number of anilines is 1. The van der Waals surface area contributed by atoms with Crippen LogP contribution in [0.2, 0.25) is 0 Å². The Morgan fingerprint density at radius 1 is 1.03 bits per heavy atom. The lowest BCUT2D eigenvalue weighted by Crippen LogP contribution is -2.32. The maximum Gasteiger partial charge on any atom is 0.257 e. The molecule has 2 amide bonds. The van der Waals surface area contributed by atoms with E-state index in [1.807, 2.05) is 0 Å². The zero-order valence-corrected chi connectivity index (χ0v) is 17.7. The van der Waals surface area contributed by atoms with Gasteiger partial charge < -0.3 is 15.4 Å². The van der Waals surface area contributed by atoms with Gasteiger partial charge in [-0.15, -0.1) is 0 Å². The quantitative estimate of drug-likeness (QED) is 0.670. The van der Waals surface area contributed by atoms with Crippen LogP contribution >= 0.6 is 0 Å². The van der Waals surface area contributed by atoms with Crippen molar-refractivity contribution < 1.29 is 22.7 Å². The van der Waals surface area contributed by atoms with Crippen molar-refractivity contribution in [2.45, 2.75) is 37.2 Å². The van der Waals surface area contributed by atoms with E-state index in [-0.39, 0.29) is 28.2 Å². The smallest absolute Gasteiger partial charge is 0.257 e. The van der Waals surface area contributed by atoms with Crippen LogP contribution in [-0.2, 0) is 14.6 Å². The van der Waals surface area contributed by atoms with Crippen LogP contribution in [0, 0.1) is 0 Å². The third-order valence-corrected chi connectivity index (χ3v) is 6.85. The molecule has 2 N–H and O–H groups in total. The number of ether oxygens (including phenoxy) is 1. The number of para-hydroxylation sites is 1. The number of hydrogen-bond donors (Lipinski definition) is 2. The van der Waals surface area contributed by atoms with Crippen molar-refractivity contribution >= 4 is 27.3 Å². The highest BCUT2D eigenvalue weighted by Gasteiger charge is 2.23. The molecule has 1 fully saturated rings. The minimum absolute atomic E-state index is 0.00588. The molecule has 8 heteroatoms. The van der Waals surface area contributed by atoms with Gasteiger partial charge in [-0.25, -0.2) is 8.42 Å². The molecular weight excluding hydrogens is 404 g/mol. The van der Waals surface area contributed by atoms with E-state index in [4.69, 9.17) is 4.74 Å². The molecular formula is C22H26N2O5S. The van der Waals surface area contributed by atoms with E-state index in [1.165, 1.54) is 12.1 Å². The maximum absolute atomic E-state index is 12.9. The van der Waals surface area contributed by atoms with Gasteiger partial charge in [-0.2, -0.15) is 0 Å². The molecule has 1 heterocycles. The molecule has 0 saturated carbocycles. The first-order valence-corrected chi connectivity index (χ1v) is 11.7. The van der Waals surface area contributed by atoms with E-state index >= 15 is 0 Å². The zero-order chi connectivity index (χ0) is 21.6. The van der Waals surface area contributed by atoms with Crippen LogP contribution in [0.15, 0.2) is 53.4 Å².